The van der Waals surface area contributed by atoms with Gasteiger partial charge < -0.3 is 9.64 Å². The van der Waals surface area contributed by atoms with Crippen LogP contribution in [0.5, 0.6) is 0 Å². The highest BCUT2D eigenvalue weighted by molar-refractivity contribution is 6.31. The first-order valence-corrected chi connectivity index (χ1v) is 7.51. The van der Waals surface area contributed by atoms with E-state index in [-0.39, 0.29) is 18.6 Å². The van der Waals surface area contributed by atoms with E-state index in [1.165, 1.54) is 30.3 Å². The van der Waals surface area contributed by atoms with E-state index in [0.717, 1.165) is 0 Å². The summed E-state index contributed by atoms with van der Waals surface area (Å²) in [6, 6.07) is 9.74. The Morgan fingerprint density at radius 2 is 1.91 bits per heavy atom. The Labute approximate surface area is 137 Å². The van der Waals surface area contributed by atoms with Gasteiger partial charge >= 0.3 is 0 Å². The highest BCUT2D eigenvalue weighted by Gasteiger charge is 2.32. The molecule has 1 heterocycles. The number of hydrogen-bond acceptors (Lipinski definition) is 2. The molecule has 1 fully saturated rings. The van der Waals surface area contributed by atoms with Gasteiger partial charge in [-0.2, -0.15) is 0 Å². The fourth-order valence-electron chi connectivity index (χ4n) is 2.36. The molecule has 120 valence electrons. The van der Waals surface area contributed by atoms with Crippen molar-refractivity contribution in [2.45, 2.75) is 12.7 Å². The number of likely N-dealkylation sites (tertiary alicyclic amines) is 1. The molecule has 0 aromatic heterocycles. The lowest BCUT2D eigenvalue weighted by molar-refractivity contribution is -0.0503. The molecule has 0 bridgehead atoms. The fourth-order valence-corrected chi connectivity index (χ4v) is 2.58. The summed E-state index contributed by atoms with van der Waals surface area (Å²) in [5.41, 5.74) is 1.02. The molecular formula is C17H14ClF2NO2. The van der Waals surface area contributed by atoms with Gasteiger partial charge in [0.05, 0.1) is 12.7 Å². The van der Waals surface area contributed by atoms with Gasteiger partial charge in [-0.3, -0.25) is 4.79 Å². The number of benzene rings is 2. The first kappa shape index (κ1) is 15.9. The van der Waals surface area contributed by atoms with Crippen LogP contribution in [-0.4, -0.2) is 30.0 Å². The zero-order valence-electron chi connectivity index (χ0n) is 12.1. The average molecular weight is 338 g/mol. The van der Waals surface area contributed by atoms with Gasteiger partial charge in [-0.15, -0.1) is 0 Å². The fraction of sp³-hybridized carbons (Fsp3) is 0.235. The van der Waals surface area contributed by atoms with Crippen molar-refractivity contribution in [2.75, 3.05) is 13.1 Å². The second-order valence-electron chi connectivity index (χ2n) is 5.39. The molecule has 3 rings (SSSR count). The Kier molecular flexibility index (Phi) is 4.59. The van der Waals surface area contributed by atoms with Crippen LogP contribution in [0.3, 0.4) is 0 Å². The molecule has 2 aromatic carbocycles. The molecule has 1 aliphatic heterocycles. The molecule has 0 aliphatic carbocycles. The molecule has 1 amide bonds. The average Bonchev–Trinajstić information content (AvgIpc) is 2.47. The van der Waals surface area contributed by atoms with Crippen molar-refractivity contribution in [3.8, 4) is 0 Å². The minimum absolute atomic E-state index is 0.103. The van der Waals surface area contributed by atoms with E-state index in [0.29, 0.717) is 29.2 Å². The molecule has 6 heteroatoms. The van der Waals surface area contributed by atoms with Crippen LogP contribution < -0.4 is 0 Å². The van der Waals surface area contributed by atoms with E-state index >= 15 is 0 Å². The Morgan fingerprint density at radius 1 is 1.17 bits per heavy atom. The number of rotatable bonds is 4. The molecule has 0 radical (unpaired) electrons. The monoisotopic (exact) mass is 337 g/mol. The third-order valence-corrected chi connectivity index (χ3v) is 4.05. The minimum atomic E-state index is -0.435. The topological polar surface area (TPSA) is 29.5 Å². The lowest BCUT2D eigenvalue weighted by Gasteiger charge is -2.39. The van der Waals surface area contributed by atoms with Gasteiger partial charge in [-0.25, -0.2) is 8.78 Å². The van der Waals surface area contributed by atoms with Crippen molar-refractivity contribution >= 4 is 17.5 Å². The third-order valence-electron chi connectivity index (χ3n) is 3.70. The van der Waals surface area contributed by atoms with Gasteiger partial charge in [0.25, 0.3) is 5.91 Å². The number of ether oxygens (including phenoxy) is 1. The lowest BCUT2D eigenvalue weighted by atomic mass is 10.1. The van der Waals surface area contributed by atoms with Crippen molar-refractivity contribution < 1.29 is 18.3 Å². The lowest BCUT2D eigenvalue weighted by Crippen LogP contribution is -2.54. The van der Waals surface area contributed by atoms with E-state index in [1.807, 2.05) is 0 Å². The van der Waals surface area contributed by atoms with Crippen LogP contribution in [0.15, 0.2) is 42.5 Å². The van der Waals surface area contributed by atoms with Gasteiger partial charge in [0, 0.05) is 23.7 Å². The van der Waals surface area contributed by atoms with Crippen molar-refractivity contribution in [1.82, 2.24) is 4.90 Å². The van der Waals surface area contributed by atoms with Crippen LogP contribution in [0.2, 0.25) is 5.02 Å². The molecule has 0 atom stereocenters. The zero-order valence-corrected chi connectivity index (χ0v) is 12.9. The largest absolute Gasteiger partial charge is 0.370 e. The van der Waals surface area contributed by atoms with Gasteiger partial charge in [-0.05, 0) is 35.9 Å². The second kappa shape index (κ2) is 6.64. The molecule has 3 nitrogen and oxygen atoms in total. The molecule has 1 saturated heterocycles. The van der Waals surface area contributed by atoms with Gasteiger partial charge in [0.1, 0.15) is 11.6 Å². The number of nitrogens with zero attached hydrogens (tertiary/aromatic N) is 1. The summed E-state index contributed by atoms with van der Waals surface area (Å²) in [4.78, 5) is 13.7. The van der Waals surface area contributed by atoms with Crippen LogP contribution >= 0.6 is 11.6 Å². The predicted molar refractivity (Wildman–Crippen MR) is 82.3 cm³/mol. The van der Waals surface area contributed by atoms with Crippen molar-refractivity contribution in [3.05, 3.63) is 70.2 Å². The first-order chi connectivity index (χ1) is 11.0. The van der Waals surface area contributed by atoms with Gasteiger partial charge in [0.2, 0.25) is 0 Å². The van der Waals surface area contributed by atoms with Crippen LogP contribution in [0.25, 0.3) is 0 Å². The minimum Gasteiger partial charge on any atom is -0.370 e. The zero-order chi connectivity index (χ0) is 16.4. The number of halogens is 3. The van der Waals surface area contributed by atoms with E-state index in [4.69, 9.17) is 16.3 Å². The third kappa shape index (κ3) is 3.68. The quantitative estimate of drug-likeness (QED) is 0.852. The second-order valence-corrected chi connectivity index (χ2v) is 5.80. The van der Waals surface area contributed by atoms with Crippen LogP contribution in [0.4, 0.5) is 8.78 Å². The summed E-state index contributed by atoms with van der Waals surface area (Å²) in [7, 11) is 0. The van der Waals surface area contributed by atoms with E-state index in [2.05, 4.69) is 0 Å². The highest BCUT2D eigenvalue weighted by Crippen LogP contribution is 2.21. The summed E-state index contributed by atoms with van der Waals surface area (Å²) in [5, 5.41) is 0.317. The molecule has 2 aromatic rings. The predicted octanol–water partition coefficient (Wildman–Crippen LogP) is 3.66. The van der Waals surface area contributed by atoms with Crippen LogP contribution in [0, 0.1) is 11.6 Å². The Hall–Kier alpha value is -1.98. The summed E-state index contributed by atoms with van der Waals surface area (Å²) in [6.45, 7) is 1.13. The summed E-state index contributed by atoms with van der Waals surface area (Å²) >= 11 is 5.93. The molecule has 0 N–H and O–H groups in total. The number of hydrogen-bond donors (Lipinski definition) is 0. The Balaban J connectivity index is 1.50. The summed E-state index contributed by atoms with van der Waals surface area (Å²) in [5.74, 6) is -1.05. The van der Waals surface area contributed by atoms with Crippen LogP contribution in [-0.2, 0) is 11.3 Å². The van der Waals surface area contributed by atoms with Crippen molar-refractivity contribution in [2.24, 2.45) is 0 Å². The molecule has 1 aliphatic rings. The maximum atomic E-state index is 13.1. The Bertz CT molecular complexity index is 732. The van der Waals surface area contributed by atoms with E-state index < -0.39 is 11.6 Å². The van der Waals surface area contributed by atoms with Crippen molar-refractivity contribution in [1.29, 1.82) is 0 Å². The molecule has 0 saturated carbocycles. The Morgan fingerprint density at radius 3 is 2.61 bits per heavy atom. The SMILES string of the molecule is O=C(c1cccc(F)c1)N1CC(OCc2ccc(F)cc2Cl)C1. The number of carbonyl (C=O) groups is 1. The van der Waals surface area contributed by atoms with Crippen molar-refractivity contribution in [3.63, 3.8) is 0 Å². The van der Waals surface area contributed by atoms with Crippen LogP contribution in [0.1, 0.15) is 15.9 Å². The van der Waals surface area contributed by atoms with E-state index in [9.17, 15) is 13.6 Å². The maximum absolute atomic E-state index is 13.1. The molecule has 0 spiro atoms. The molecule has 23 heavy (non-hydrogen) atoms. The number of carbonyl (C=O) groups excluding carboxylic acids is 1. The summed E-state index contributed by atoms with van der Waals surface area (Å²) < 4.78 is 31.7. The standard InChI is InChI=1S/C17H14ClF2NO2/c18-16-7-14(20)5-4-12(16)10-23-15-8-21(9-15)17(22)11-2-1-3-13(19)6-11/h1-7,15H,8-10H2. The molecule has 0 unspecified atom stereocenters. The van der Waals surface area contributed by atoms with Gasteiger partial charge in [-0.1, -0.05) is 23.7 Å². The molecular weight excluding hydrogens is 324 g/mol. The maximum Gasteiger partial charge on any atom is 0.254 e. The van der Waals surface area contributed by atoms with E-state index in [1.54, 1.807) is 17.0 Å². The highest BCUT2D eigenvalue weighted by atomic mass is 35.5. The smallest absolute Gasteiger partial charge is 0.254 e. The normalized spacial score (nSPS) is 14.7. The summed E-state index contributed by atoms with van der Waals surface area (Å²) in [6.07, 6.45) is -0.103. The first-order valence-electron chi connectivity index (χ1n) is 7.13. The van der Waals surface area contributed by atoms with Gasteiger partial charge in [0.15, 0.2) is 0 Å². The number of amides is 1.